The summed E-state index contributed by atoms with van der Waals surface area (Å²) in [6.07, 6.45) is 4.31. The van der Waals surface area contributed by atoms with Crippen molar-refractivity contribution < 1.29 is 4.79 Å². The van der Waals surface area contributed by atoms with Gasteiger partial charge in [0.25, 0.3) is 5.56 Å². The maximum Gasteiger partial charge on any atom is 0.257 e. The van der Waals surface area contributed by atoms with Crippen LogP contribution in [-0.2, 0) is 17.6 Å². The quantitative estimate of drug-likeness (QED) is 0.728. The summed E-state index contributed by atoms with van der Waals surface area (Å²) in [6.45, 7) is 3.16. The summed E-state index contributed by atoms with van der Waals surface area (Å²) in [5.74, 6) is 0.918. The predicted octanol–water partition coefficient (Wildman–Crippen LogP) is 2.51. The molecule has 2 aliphatic heterocycles. The van der Waals surface area contributed by atoms with E-state index in [0.29, 0.717) is 6.42 Å². The molecular weight excluding hydrogens is 384 g/mol. The highest BCUT2D eigenvalue weighted by molar-refractivity contribution is 7.99. The summed E-state index contributed by atoms with van der Waals surface area (Å²) in [5.41, 5.74) is 3.19. The number of aryl methyl sites for hydroxylation is 1. The molecule has 1 aliphatic carbocycles. The second-order valence-corrected chi connectivity index (χ2v) is 9.06. The lowest BCUT2D eigenvalue weighted by atomic mass is 9.97. The Hall–Kier alpha value is -2.28. The van der Waals surface area contributed by atoms with Crippen molar-refractivity contribution in [2.45, 2.75) is 43.3 Å². The maximum atomic E-state index is 13.1. The molecule has 1 amide bonds. The molecule has 0 N–H and O–H groups in total. The third-order valence-electron chi connectivity index (χ3n) is 6.29. The molecule has 6 nitrogen and oxygen atoms in total. The SMILES string of the molecule is O=C(CC1CSc2nc3c(c(=O)n21)CCCC3)N1CCN(c2ccccc2)CC1. The highest BCUT2D eigenvalue weighted by atomic mass is 32.2. The zero-order chi connectivity index (χ0) is 19.8. The predicted molar refractivity (Wildman–Crippen MR) is 115 cm³/mol. The highest BCUT2D eigenvalue weighted by Gasteiger charge is 2.32. The van der Waals surface area contributed by atoms with Crippen LogP contribution in [0.15, 0.2) is 40.3 Å². The Labute approximate surface area is 174 Å². The summed E-state index contributed by atoms with van der Waals surface area (Å²) in [4.78, 5) is 35.1. The van der Waals surface area contributed by atoms with E-state index in [-0.39, 0.29) is 17.5 Å². The minimum absolute atomic E-state index is 0.0677. The van der Waals surface area contributed by atoms with E-state index in [9.17, 15) is 9.59 Å². The van der Waals surface area contributed by atoms with E-state index in [1.165, 1.54) is 5.69 Å². The lowest BCUT2D eigenvalue weighted by Crippen LogP contribution is -2.49. The Bertz CT molecular complexity index is 967. The Morgan fingerprint density at radius 3 is 2.62 bits per heavy atom. The van der Waals surface area contributed by atoms with Gasteiger partial charge in [0.1, 0.15) is 0 Å². The molecule has 3 heterocycles. The third-order valence-corrected chi connectivity index (χ3v) is 7.38. The lowest BCUT2D eigenvalue weighted by molar-refractivity contribution is -0.132. The number of carbonyl (C=O) groups is 1. The van der Waals surface area contributed by atoms with Gasteiger partial charge < -0.3 is 9.80 Å². The maximum absolute atomic E-state index is 13.1. The van der Waals surface area contributed by atoms with Crippen molar-refractivity contribution >= 4 is 23.4 Å². The van der Waals surface area contributed by atoms with Crippen molar-refractivity contribution in [3.8, 4) is 0 Å². The van der Waals surface area contributed by atoms with Crippen molar-refractivity contribution in [2.75, 3.05) is 36.8 Å². The van der Waals surface area contributed by atoms with E-state index < -0.39 is 0 Å². The molecular formula is C22H26N4O2S. The van der Waals surface area contributed by atoms with E-state index in [1.807, 2.05) is 27.7 Å². The van der Waals surface area contributed by atoms with Gasteiger partial charge in [-0.25, -0.2) is 4.98 Å². The first-order chi connectivity index (χ1) is 14.2. The van der Waals surface area contributed by atoms with Crippen LogP contribution in [0.5, 0.6) is 0 Å². The van der Waals surface area contributed by atoms with Gasteiger partial charge >= 0.3 is 0 Å². The zero-order valence-corrected chi connectivity index (χ0v) is 17.4. The number of carbonyl (C=O) groups excluding carboxylic acids is 1. The minimum atomic E-state index is -0.0677. The van der Waals surface area contributed by atoms with Gasteiger partial charge in [0.15, 0.2) is 5.16 Å². The van der Waals surface area contributed by atoms with Gasteiger partial charge in [0.2, 0.25) is 5.91 Å². The normalized spacial score (nSPS) is 21.0. The first-order valence-corrected chi connectivity index (χ1v) is 11.5. The zero-order valence-electron chi connectivity index (χ0n) is 16.5. The fourth-order valence-electron chi connectivity index (χ4n) is 4.65. The Kier molecular flexibility index (Phi) is 5.08. The van der Waals surface area contributed by atoms with Crippen LogP contribution in [0.2, 0.25) is 0 Å². The highest BCUT2D eigenvalue weighted by Crippen LogP contribution is 2.34. The average molecular weight is 411 g/mol. The number of piperazine rings is 1. The molecule has 0 radical (unpaired) electrons. The monoisotopic (exact) mass is 410 g/mol. The van der Waals surface area contributed by atoms with E-state index in [0.717, 1.165) is 74.0 Å². The third kappa shape index (κ3) is 3.56. The van der Waals surface area contributed by atoms with Crippen LogP contribution in [0.4, 0.5) is 5.69 Å². The van der Waals surface area contributed by atoms with Gasteiger partial charge in [-0.15, -0.1) is 0 Å². The Morgan fingerprint density at radius 1 is 1.07 bits per heavy atom. The van der Waals surface area contributed by atoms with Gasteiger partial charge in [-0.2, -0.15) is 0 Å². The second kappa shape index (κ2) is 7.86. The summed E-state index contributed by atoms with van der Waals surface area (Å²) < 4.78 is 1.81. The van der Waals surface area contributed by atoms with Crippen molar-refractivity contribution in [3.05, 3.63) is 51.9 Å². The molecule has 1 fully saturated rings. The number of hydrogen-bond acceptors (Lipinski definition) is 5. The molecule has 5 rings (SSSR count). The number of amides is 1. The summed E-state index contributed by atoms with van der Waals surface area (Å²) in [6, 6.07) is 10.3. The van der Waals surface area contributed by atoms with Crippen LogP contribution in [0.3, 0.4) is 0 Å². The smallest absolute Gasteiger partial charge is 0.257 e. The molecule has 1 atom stereocenters. The fraction of sp³-hybridized carbons (Fsp3) is 0.500. The number of rotatable bonds is 3. The molecule has 2 aromatic rings. The number of aromatic nitrogens is 2. The number of thioether (sulfide) groups is 1. The van der Waals surface area contributed by atoms with Crippen molar-refractivity contribution in [3.63, 3.8) is 0 Å². The second-order valence-electron chi connectivity index (χ2n) is 8.07. The molecule has 1 saturated heterocycles. The van der Waals surface area contributed by atoms with Gasteiger partial charge in [-0.1, -0.05) is 30.0 Å². The fourth-order valence-corrected chi connectivity index (χ4v) is 5.80. The molecule has 0 bridgehead atoms. The van der Waals surface area contributed by atoms with Gasteiger partial charge in [-0.05, 0) is 37.8 Å². The molecule has 1 aromatic carbocycles. The van der Waals surface area contributed by atoms with Crippen molar-refractivity contribution in [2.24, 2.45) is 0 Å². The van der Waals surface area contributed by atoms with Crippen LogP contribution in [0.25, 0.3) is 0 Å². The Balaban J connectivity index is 1.26. The van der Waals surface area contributed by atoms with E-state index in [2.05, 4.69) is 17.0 Å². The molecule has 3 aliphatic rings. The average Bonchev–Trinajstić information content (AvgIpc) is 3.17. The Morgan fingerprint density at radius 2 is 1.83 bits per heavy atom. The van der Waals surface area contributed by atoms with Crippen LogP contribution in [0.1, 0.15) is 36.6 Å². The van der Waals surface area contributed by atoms with Gasteiger partial charge in [0, 0.05) is 49.6 Å². The number of nitrogens with zero attached hydrogens (tertiary/aromatic N) is 4. The molecule has 0 saturated carbocycles. The van der Waals surface area contributed by atoms with E-state index in [4.69, 9.17) is 4.98 Å². The minimum Gasteiger partial charge on any atom is -0.368 e. The van der Waals surface area contributed by atoms with Crippen LogP contribution in [-0.4, -0.2) is 52.3 Å². The summed E-state index contributed by atoms with van der Waals surface area (Å²) >= 11 is 1.62. The number of para-hydroxylation sites is 1. The molecule has 1 unspecified atom stereocenters. The van der Waals surface area contributed by atoms with Crippen LogP contribution < -0.4 is 10.5 Å². The largest absolute Gasteiger partial charge is 0.368 e. The molecule has 0 spiro atoms. The molecule has 1 aromatic heterocycles. The summed E-state index contributed by atoms with van der Waals surface area (Å²) in [5, 5.41) is 0.808. The van der Waals surface area contributed by atoms with Crippen LogP contribution >= 0.6 is 11.8 Å². The number of hydrogen-bond donors (Lipinski definition) is 0. The van der Waals surface area contributed by atoms with Crippen LogP contribution in [0, 0.1) is 0 Å². The summed E-state index contributed by atoms with van der Waals surface area (Å²) in [7, 11) is 0. The standard InChI is InChI=1S/C22H26N4O2S/c27-20(25-12-10-24(11-13-25)16-6-2-1-3-7-16)14-17-15-29-22-23-19-9-5-4-8-18(19)21(28)26(17)22/h1-3,6-7,17H,4-5,8-15H2. The van der Waals surface area contributed by atoms with Crippen molar-refractivity contribution in [1.82, 2.24) is 14.5 Å². The molecule has 29 heavy (non-hydrogen) atoms. The molecule has 7 heteroatoms. The lowest BCUT2D eigenvalue weighted by Gasteiger charge is -2.36. The van der Waals surface area contributed by atoms with E-state index in [1.54, 1.807) is 11.8 Å². The van der Waals surface area contributed by atoms with Crippen molar-refractivity contribution in [1.29, 1.82) is 0 Å². The first kappa shape index (κ1) is 18.7. The van der Waals surface area contributed by atoms with Gasteiger partial charge in [-0.3, -0.25) is 14.2 Å². The molecule has 152 valence electrons. The number of benzene rings is 1. The van der Waals surface area contributed by atoms with E-state index >= 15 is 0 Å². The number of anilines is 1. The first-order valence-electron chi connectivity index (χ1n) is 10.6. The number of fused-ring (bicyclic) bond motifs is 2. The topological polar surface area (TPSA) is 58.4 Å². The van der Waals surface area contributed by atoms with Gasteiger partial charge in [0.05, 0.1) is 11.7 Å².